The molecule has 0 aliphatic heterocycles. The number of unbranched alkanes of at least 4 members (excludes halogenated alkanes) is 6. The smallest absolute Gasteiger partial charge is 0.407 e. The van der Waals surface area contributed by atoms with Crippen molar-refractivity contribution in [1.82, 2.24) is 5.32 Å². The summed E-state index contributed by atoms with van der Waals surface area (Å²) in [6.07, 6.45) is 7.59. The van der Waals surface area contributed by atoms with Gasteiger partial charge < -0.3 is 15.8 Å². The minimum atomic E-state index is -0.361. The first-order valence-corrected chi connectivity index (χ1v) is 9.41. The van der Waals surface area contributed by atoms with Gasteiger partial charge in [-0.25, -0.2) is 4.79 Å². The molecule has 0 saturated heterocycles. The van der Waals surface area contributed by atoms with Crippen LogP contribution in [0.1, 0.15) is 70.8 Å². The number of ether oxygens (including phenoxy) is 1. The Kier molecular flexibility index (Phi) is 15.4. The Labute approximate surface area is 152 Å². The van der Waals surface area contributed by atoms with Crippen molar-refractivity contribution < 1.29 is 14.3 Å². The predicted molar refractivity (Wildman–Crippen MR) is 102 cm³/mol. The molecule has 0 radical (unpaired) electrons. The maximum Gasteiger partial charge on any atom is 0.407 e. The van der Waals surface area contributed by atoms with E-state index in [1.54, 1.807) is 0 Å². The fourth-order valence-electron chi connectivity index (χ4n) is 2.27. The van der Waals surface area contributed by atoms with E-state index in [0.29, 0.717) is 19.6 Å². The summed E-state index contributed by atoms with van der Waals surface area (Å²) in [5, 5.41) is 2.76. The van der Waals surface area contributed by atoms with Gasteiger partial charge in [-0.2, -0.15) is 0 Å². The third kappa shape index (κ3) is 15.2. The summed E-state index contributed by atoms with van der Waals surface area (Å²) in [7, 11) is 0. The van der Waals surface area contributed by atoms with E-state index in [2.05, 4.69) is 5.32 Å². The molecule has 0 aliphatic rings. The summed E-state index contributed by atoms with van der Waals surface area (Å²) in [5.74, 6) is -0.213. The summed E-state index contributed by atoms with van der Waals surface area (Å²) < 4.78 is 5.13. The second-order valence-corrected chi connectivity index (χ2v) is 5.68. The number of nitrogens with two attached hydrogens (primary N) is 1. The number of alkyl carbamates (subject to hydrolysis) is 1. The molecule has 1 aromatic rings. The third-order valence-electron chi connectivity index (χ3n) is 3.58. The van der Waals surface area contributed by atoms with Crippen LogP contribution in [0.5, 0.6) is 0 Å². The molecule has 2 amide bonds. The molecule has 1 rings (SSSR count). The highest BCUT2D eigenvalue weighted by molar-refractivity contribution is 5.73. The Hall–Kier alpha value is -2.04. The van der Waals surface area contributed by atoms with E-state index in [-0.39, 0.29) is 12.0 Å². The lowest BCUT2D eigenvalue weighted by Crippen LogP contribution is -2.25. The molecule has 25 heavy (non-hydrogen) atoms. The monoisotopic (exact) mass is 350 g/mol. The van der Waals surface area contributed by atoms with E-state index in [1.165, 1.54) is 0 Å². The van der Waals surface area contributed by atoms with Crippen molar-refractivity contribution in [2.24, 2.45) is 5.73 Å². The van der Waals surface area contributed by atoms with Crippen molar-refractivity contribution >= 4 is 12.0 Å². The highest BCUT2D eigenvalue weighted by Crippen LogP contribution is 2.08. The molecule has 0 unspecified atom stereocenters. The Morgan fingerprint density at radius 3 is 2.08 bits per heavy atom. The van der Waals surface area contributed by atoms with Crippen molar-refractivity contribution in [2.75, 3.05) is 6.54 Å². The van der Waals surface area contributed by atoms with Crippen LogP contribution in [-0.4, -0.2) is 18.5 Å². The number of nitrogens with one attached hydrogen (secondary N) is 1. The number of rotatable bonds is 12. The summed E-state index contributed by atoms with van der Waals surface area (Å²) in [5.41, 5.74) is 6.07. The fraction of sp³-hybridized carbons (Fsp3) is 0.600. The molecule has 0 bridgehead atoms. The van der Waals surface area contributed by atoms with Gasteiger partial charge in [-0.3, -0.25) is 4.79 Å². The molecule has 1 aromatic carbocycles. The molecular formula is C20H34N2O3. The minimum Gasteiger partial charge on any atom is -0.445 e. The van der Waals surface area contributed by atoms with Gasteiger partial charge in [-0.05, 0) is 18.4 Å². The maximum atomic E-state index is 11.5. The van der Waals surface area contributed by atoms with Crippen LogP contribution >= 0.6 is 0 Å². The predicted octanol–water partition coefficient (Wildman–Crippen LogP) is 4.55. The molecule has 0 atom stereocenters. The highest BCUT2D eigenvalue weighted by atomic mass is 16.5. The second kappa shape index (κ2) is 16.8. The maximum absolute atomic E-state index is 11.5. The van der Waals surface area contributed by atoms with Crippen molar-refractivity contribution in [3.8, 4) is 0 Å². The largest absolute Gasteiger partial charge is 0.445 e. The topological polar surface area (TPSA) is 81.4 Å². The number of amides is 2. The average molecular weight is 351 g/mol. The molecular weight excluding hydrogens is 316 g/mol. The van der Waals surface area contributed by atoms with Gasteiger partial charge in [0.25, 0.3) is 0 Å². The van der Waals surface area contributed by atoms with Crippen LogP contribution in [-0.2, 0) is 16.1 Å². The Balaban J connectivity index is 0.00000277. The number of hydrogen-bond acceptors (Lipinski definition) is 3. The van der Waals surface area contributed by atoms with Crippen molar-refractivity contribution in [3.63, 3.8) is 0 Å². The van der Waals surface area contributed by atoms with Crippen LogP contribution < -0.4 is 11.1 Å². The molecule has 5 heteroatoms. The first-order chi connectivity index (χ1) is 12.2. The van der Waals surface area contributed by atoms with E-state index in [0.717, 1.165) is 50.5 Å². The molecule has 0 spiro atoms. The van der Waals surface area contributed by atoms with Crippen molar-refractivity contribution in [2.45, 2.75) is 71.8 Å². The number of benzene rings is 1. The number of carbonyl (C=O) groups excluding carboxylic acids is 2. The summed E-state index contributed by atoms with van der Waals surface area (Å²) in [6.45, 7) is 4.95. The van der Waals surface area contributed by atoms with Gasteiger partial charge in [0.05, 0.1) is 0 Å². The molecule has 0 aromatic heterocycles. The van der Waals surface area contributed by atoms with Gasteiger partial charge in [0, 0.05) is 13.0 Å². The van der Waals surface area contributed by atoms with Gasteiger partial charge >= 0.3 is 6.09 Å². The van der Waals surface area contributed by atoms with Gasteiger partial charge in [0.1, 0.15) is 6.61 Å². The number of carbonyl (C=O) groups is 2. The zero-order valence-electron chi connectivity index (χ0n) is 15.8. The van der Waals surface area contributed by atoms with Crippen molar-refractivity contribution in [1.29, 1.82) is 0 Å². The Bertz CT molecular complexity index is 450. The third-order valence-corrected chi connectivity index (χ3v) is 3.58. The SMILES string of the molecule is CC.NC(=O)CCCCCCCCCNC(=O)OCc1ccccc1. The van der Waals surface area contributed by atoms with E-state index in [4.69, 9.17) is 10.5 Å². The quantitative estimate of drug-likeness (QED) is 0.543. The summed E-state index contributed by atoms with van der Waals surface area (Å²) >= 11 is 0. The first-order valence-electron chi connectivity index (χ1n) is 9.41. The van der Waals surface area contributed by atoms with E-state index < -0.39 is 0 Å². The van der Waals surface area contributed by atoms with Crippen LogP contribution in [0.2, 0.25) is 0 Å². The molecule has 5 nitrogen and oxygen atoms in total. The van der Waals surface area contributed by atoms with Crippen molar-refractivity contribution in [3.05, 3.63) is 35.9 Å². The molecule has 0 saturated carbocycles. The molecule has 0 aliphatic carbocycles. The lowest BCUT2D eigenvalue weighted by molar-refractivity contribution is -0.118. The van der Waals surface area contributed by atoms with Gasteiger partial charge in [-0.15, -0.1) is 0 Å². The lowest BCUT2D eigenvalue weighted by Gasteiger charge is -2.07. The minimum absolute atomic E-state index is 0.213. The molecule has 0 fully saturated rings. The number of hydrogen-bond donors (Lipinski definition) is 2. The molecule has 142 valence electrons. The first kappa shape index (κ1) is 23.0. The Morgan fingerprint density at radius 2 is 1.48 bits per heavy atom. The van der Waals surface area contributed by atoms with E-state index in [9.17, 15) is 9.59 Å². The van der Waals surface area contributed by atoms with Gasteiger partial charge in [-0.1, -0.05) is 76.3 Å². The van der Waals surface area contributed by atoms with Gasteiger partial charge in [0.15, 0.2) is 0 Å². The summed E-state index contributed by atoms with van der Waals surface area (Å²) in [4.78, 5) is 22.1. The van der Waals surface area contributed by atoms with Crippen LogP contribution in [0.25, 0.3) is 0 Å². The molecule has 0 heterocycles. The number of primary amides is 1. The molecule has 3 N–H and O–H groups in total. The van der Waals surface area contributed by atoms with Crippen LogP contribution in [0.4, 0.5) is 4.79 Å². The van der Waals surface area contributed by atoms with Gasteiger partial charge in [0.2, 0.25) is 5.91 Å². The highest BCUT2D eigenvalue weighted by Gasteiger charge is 2.01. The standard InChI is InChI=1S/C18H28N2O3.C2H6/c19-17(21)13-9-4-2-1-3-5-10-14-20-18(22)23-15-16-11-7-6-8-12-16;1-2/h6-8,11-12H,1-5,9-10,13-15H2,(H2,19,21)(H,20,22);1-2H3. The van der Waals surface area contributed by atoms with E-state index >= 15 is 0 Å². The van der Waals surface area contributed by atoms with Crippen LogP contribution in [0.3, 0.4) is 0 Å². The van der Waals surface area contributed by atoms with E-state index in [1.807, 2.05) is 44.2 Å². The lowest BCUT2D eigenvalue weighted by atomic mass is 10.1. The Morgan fingerprint density at radius 1 is 0.920 bits per heavy atom. The zero-order chi connectivity index (χ0) is 18.8. The zero-order valence-corrected chi connectivity index (χ0v) is 15.8. The second-order valence-electron chi connectivity index (χ2n) is 5.68. The van der Waals surface area contributed by atoms with Crippen LogP contribution in [0.15, 0.2) is 30.3 Å². The summed E-state index contributed by atoms with van der Waals surface area (Å²) in [6, 6.07) is 9.63. The normalized spacial score (nSPS) is 9.68. The van der Waals surface area contributed by atoms with Crippen LogP contribution in [0, 0.1) is 0 Å². The average Bonchev–Trinajstić information content (AvgIpc) is 2.64. The fourth-order valence-corrected chi connectivity index (χ4v) is 2.27.